The van der Waals surface area contributed by atoms with Gasteiger partial charge in [0, 0.05) is 6.04 Å². The number of hydrogen-bond donors (Lipinski definition) is 1. The average molecular weight is 213 g/mol. The molecule has 0 spiro atoms. The van der Waals surface area contributed by atoms with Crippen molar-refractivity contribution in [2.24, 2.45) is 5.92 Å². The predicted octanol–water partition coefficient (Wildman–Crippen LogP) is 2.11. The van der Waals surface area contributed by atoms with Gasteiger partial charge in [-0.2, -0.15) is 0 Å². The fourth-order valence-electron chi connectivity index (χ4n) is 2.14. The van der Waals surface area contributed by atoms with E-state index in [0.29, 0.717) is 18.5 Å². The Morgan fingerprint density at radius 1 is 1.40 bits per heavy atom. The lowest BCUT2D eigenvalue weighted by molar-refractivity contribution is -0.146. The summed E-state index contributed by atoms with van der Waals surface area (Å²) in [7, 11) is 0. The average Bonchev–Trinajstić information content (AvgIpc) is 2.15. The fraction of sp³-hybridized carbons (Fsp3) is 0.917. The highest BCUT2D eigenvalue weighted by atomic mass is 16.5. The maximum atomic E-state index is 11.3. The quantitative estimate of drug-likeness (QED) is 0.727. The van der Waals surface area contributed by atoms with Crippen LogP contribution in [0.2, 0.25) is 0 Å². The molecule has 0 radical (unpaired) electrons. The first-order chi connectivity index (χ1) is 7.09. The van der Waals surface area contributed by atoms with Gasteiger partial charge in [0.05, 0.1) is 12.6 Å². The highest BCUT2D eigenvalue weighted by molar-refractivity contribution is 5.71. The first-order valence-electron chi connectivity index (χ1n) is 6.02. The summed E-state index contributed by atoms with van der Waals surface area (Å²) in [5.41, 5.74) is 0. The number of ether oxygens (including phenoxy) is 1. The Bertz CT molecular complexity index is 204. The second-order valence-electron chi connectivity index (χ2n) is 4.79. The van der Waals surface area contributed by atoms with E-state index >= 15 is 0 Å². The van der Waals surface area contributed by atoms with Crippen molar-refractivity contribution < 1.29 is 9.53 Å². The summed E-state index contributed by atoms with van der Waals surface area (Å²) in [6.07, 6.45) is 5.06. The lowest BCUT2D eigenvalue weighted by atomic mass is 9.86. The minimum absolute atomic E-state index is 0.0110. The molecule has 1 saturated carbocycles. The number of esters is 1. The normalized spacial score (nSPS) is 26.7. The Morgan fingerprint density at radius 2 is 2.07 bits per heavy atom. The Morgan fingerprint density at radius 3 is 2.67 bits per heavy atom. The van der Waals surface area contributed by atoms with Crippen LogP contribution >= 0.6 is 0 Å². The molecular formula is C12H23NO2. The molecular weight excluding hydrogens is 190 g/mol. The van der Waals surface area contributed by atoms with Gasteiger partial charge >= 0.3 is 5.97 Å². The van der Waals surface area contributed by atoms with Gasteiger partial charge in [0.25, 0.3) is 0 Å². The summed E-state index contributed by atoms with van der Waals surface area (Å²) in [6, 6.07) is 0.499. The van der Waals surface area contributed by atoms with Crippen LogP contribution < -0.4 is 5.32 Å². The molecule has 1 aliphatic carbocycles. The highest BCUT2D eigenvalue weighted by Gasteiger charge is 2.21. The van der Waals surface area contributed by atoms with E-state index in [4.69, 9.17) is 4.74 Å². The number of hydrogen-bond acceptors (Lipinski definition) is 3. The summed E-state index contributed by atoms with van der Waals surface area (Å²) in [5, 5.41) is 3.30. The van der Waals surface area contributed by atoms with E-state index in [2.05, 4.69) is 12.2 Å². The second kappa shape index (κ2) is 6.11. The molecule has 88 valence electrons. The molecule has 1 aliphatic rings. The summed E-state index contributed by atoms with van der Waals surface area (Å²) >= 11 is 0. The number of nitrogens with one attached hydrogen (secondary N) is 1. The minimum Gasteiger partial charge on any atom is -0.462 e. The topological polar surface area (TPSA) is 38.3 Å². The van der Waals surface area contributed by atoms with Crippen LogP contribution in [0.3, 0.4) is 0 Å². The molecule has 15 heavy (non-hydrogen) atoms. The van der Waals surface area contributed by atoms with Gasteiger partial charge in [-0.05, 0) is 32.6 Å². The summed E-state index contributed by atoms with van der Waals surface area (Å²) in [4.78, 5) is 11.3. The Kier molecular flexibility index (Phi) is 5.09. The van der Waals surface area contributed by atoms with Crippen molar-refractivity contribution in [3.63, 3.8) is 0 Å². The van der Waals surface area contributed by atoms with Crippen LogP contribution in [0.25, 0.3) is 0 Å². The first kappa shape index (κ1) is 12.5. The van der Waals surface area contributed by atoms with Crippen LogP contribution in [0, 0.1) is 5.92 Å². The van der Waals surface area contributed by atoms with Gasteiger partial charge in [-0.15, -0.1) is 0 Å². The van der Waals surface area contributed by atoms with E-state index in [0.717, 1.165) is 0 Å². The molecule has 0 heterocycles. The Balaban J connectivity index is 2.20. The van der Waals surface area contributed by atoms with Crippen LogP contribution in [0.15, 0.2) is 0 Å². The number of rotatable bonds is 4. The molecule has 3 heteroatoms. The largest absolute Gasteiger partial charge is 0.462 e. The highest BCUT2D eigenvalue weighted by Crippen LogP contribution is 2.23. The molecule has 0 aromatic heterocycles. The smallest absolute Gasteiger partial charge is 0.320 e. The molecule has 0 aliphatic heterocycles. The summed E-state index contributed by atoms with van der Waals surface area (Å²) < 4.78 is 5.08. The van der Waals surface area contributed by atoms with Crippen molar-refractivity contribution in [2.75, 3.05) is 6.54 Å². The third kappa shape index (κ3) is 4.65. The standard InChI is InChI=1S/C12H23NO2/c1-9(2)15-12(14)8-13-11-7-5-4-6-10(11)3/h9-11,13H,4-8H2,1-3H3. The molecule has 2 atom stereocenters. The SMILES string of the molecule is CC(C)OC(=O)CNC1CCCCC1C. The fourth-order valence-corrected chi connectivity index (χ4v) is 2.14. The summed E-state index contributed by atoms with van der Waals surface area (Å²) in [6.45, 7) is 6.36. The van der Waals surface area contributed by atoms with Crippen molar-refractivity contribution in [3.8, 4) is 0 Å². The van der Waals surface area contributed by atoms with Crippen LogP contribution in [-0.2, 0) is 9.53 Å². The van der Waals surface area contributed by atoms with Gasteiger partial charge in [0.1, 0.15) is 0 Å². The molecule has 0 aromatic carbocycles. The van der Waals surface area contributed by atoms with Crippen molar-refractivity contribution in [1.29, 1.82) is 0 Å². The molecule has 3 nitrogen and oxygen atoms in total. The lowest BCUT2D eigenvalue weighted by Gasteiger charge is -2.29. The molecule has 2 unspecified atom stereocenters. The van der Waals surface area contributed by atoms with Crippen LogP contribution in [0.5, 0.6) is 0 Å². The van der Waals surface area contributed by atoms with Crippen LogP contribution in [0.4, 0.5) is 0 Å². The Hall–Kier alpha value is -0.570. The lowest BCUT2D eigenvalue weighted by Crippen LogP contribution is -2.40. The van der Waals surface area contributed by atoms with Gasteiger partial charge in [0.2, 0.25) is 0 Å². The van der Waals surface area contributed by atoms with Gasteiger partial charge in [0.15, 0.2) is 0 Å². The van der Waals surface area contributed by atoms with E-state index in [1.807, 2.05) is 13.8 Å². The molecule has 0 bridgehead atoms. The number of carbonyl (C=O) groups is 1. The zero-order valence-corrected chi connectivity index (χ0v) is 10.1. The van der Waals surface area contributed by atoms with E-state index in [1.165, 1.54) is 25.7 Å². The third-order valence-electron chi connectivity index (χ3n) is 2.99. The number of carbonyl (C=O) groups excluding carboxylic acids is 1. The second-order valence-corrected chi connectivity index (χ2v) is 4.79. The van der Waals surface area contributed by atoms with Crippen molar-refractivity contribution in [1.82, 2.24) is 5.32 Å². The predicted molar refractivity (Wildman–Crippen MR) is 60.7 cm³/mol. The van der Waals surface area contributed by atoms with Crippen molar-refractivity contribution >= 4 is 5.97 Å². The van der Waals surface area contributed by atoms with Gasteiger partial charge in [-0.3, -0.25) is 4.79 Å². The molecule has 1 fully saturated rings. The summed E-state index contributed by atoms with van der Waals surface area (Å²) in [5.74, 6) is 0.549. The maximum Gasteiger partial charge on any atom is 0.320 e. The van der Waals surface area contributed by atoms with E-state index < -0.39 is 0 Å². The maximum absolute atomic E-state index is 11.3. The third-order valence-corrected chi connectivity index (χ3v) is 2.99. The molecule has 1 N–H and O–H groups in total. The molecule has 0 amide bonds. The van der Waals surface area contributed by atoms with Crippen molar-refractivity contribution in [3.05, 3.63) is 0 Å². The van der Waals surface area contributed by atoms with Gasteiger partial charge in [-0.25, -0.2) is 0 Å². The van der Waals surface area contributed by atoms with E-state index in [9.17, 15) is 4.79 Å². The minimum atomic E-state index is -0.136. The van der Waals surface area contributed by atoms with Crippen molar-refractivity contribution in [2.45, 2.75) is 58.6 Å². The molecule has 0 saturated heterocycles. The van der Waals surface area contributed by atoms with Crippen LogP contribution in [0.1, 0.15) is 46.5 Å². The monoisotopic (exact) mass is 213 g/mol. The zero-order chi connectivity index (χ0) is 11.3. The molecule has 1 rings (SSSR count). The molecule has 0 aromatic rings. The van der Waals surface area contributed by atoms with E-state index in [-0.39, 0.29) is 12.1 Å². The van der Waals surface area contributed by atoms with Crippen LogP contribution in [-0.4, -0.2) is 24.7 Å². The zero-order valence-electron chi connectivity index (χ0n) is 10.1. The van der Waals surface area contributed by atoms with Gasteiger partial charge < -0.3 is 10.1 Å². The van der Waals surface area contributed by atoms with Gasteiger partial charge in [-0.1, -0.05) is 19.8 Å². The first-order valence-corrected chi connectivity index (χ1v) is 6.02. The van der Waals surface area contributed by atoms with E-state index in [1.54, 1.807) is 0 Å². The Labute approximate surface area is 92.6 Å².